The molecule has 140 valence electrons. The maximum Gasteiger partial charge on any atom is 0.226 e. The third kappa shape index (κ3) is 7.04. The van der Waals surface area contributed by atoms with Gasteiger partial charge < -0.3 is 15.5 Å². The number of hydrogen-bond donors (Lipinski definition) is 2. The number of nitrogens with one attached hydrogen (secondary N) is 2. The zero-order valence-corrected chi connectivity index (χ0v) is 16.2. The number of amides is 2. The fourth-order valence-corrected chi connectivity index (χ4v) is 3.07. The van der Waals surface area contributed by atoms with Crippen LogP contribution in [0.3, 0.4) is 0 Å². The highest BCUT2D eigenvalue weighted by Crippen LogP contribution is 2.23. The Balaban J connectivity index is 0.00000312. The van der Waals surface area contributed by atoms with Crippen molar-refractivity contribution < 1.29 is 9.59 Å². The van der Waals surface area contributed by atoms with E-state index >= 15 is 0 Å². The van der Waals surface area contributed by atoms with E-state index in [1.54, 1.807) is 19.0 Å². The minimum absolute atomic E-state index is 0. The lowest BCUT2D eigenvalue weighted by Crippen LogP contribution is -2.34. The second-order valence-electron chi connectivity index (χ2n) is 7.00. The molecule has 0 saturated carbocycles. The van der Waals surface area contributed by atoms with Crippen LogP contribution in [0.2, 0.25) is 0 Å². The van der Waals surface area contributed by atoms with Crippen molar-refractivity contribution in [3.05, 3.63) is 29.8 Å². The molecule has 0 aliphatic carbocycles. The number of nitrogens with zero attached hydrogens (tertiary/aromatic N) is 1. The monoisotopic (exact) mass is 367 g/mol. The van der Waals surface area contributed by atoms with Crippen LogP contribution in [0.25, 0.3) is 0 Å². The van der Waals surface area contributed by atoms with Crippen LogP contribution in [0.5, 0.6) is 0 Å². The lowest BCUT2D eigenvalue weighted by atomic mass is 9.85. The highest BCUT2D eigenvalue weighted by Gasteiger charge is 2.22. The third-order valence-electron chi connectivity index (χ3n) is 4.74. The Morgan fingerprint density at radius 1 is 1.28 bits per heavy atom. The van der Waals surface area contributed by atoms with Gasteiger partial charge in [-0.2, -0.15) is 0 Å². The van der Waals surface area contributed by atoms with Crippen LogP contribution in [-0.2, 0) is 16.0 Å². The van der Waals surface area contributed by atoms with Crippen molar-refractivity contribution in [2.45, 2.75) is 32.6 Å². The second-order valence-corrected chi connectivity index (χ2v) is 7.00. The number of carbonyl (C=O) groups excluding carboxylic acids is 2. The van der Waals surface area contributed by atoms with Crippen molar-refractivity contribution >= 4 is 29.9 Å². The Labute approximate surface area is 157 Å². The van der Waals surface area contributed by atoms with Crippen molar-refractivity contribution in [3.63, 3.8) is 0 Å². The van der Waals surface area contributed by atoms with Crippen molar-refractivity contribution in [1.82, 2.24) is 10.2 Å². The predicted molar refractivity (Wildman–Crippen MR) is 104 cm³/mol. The maximum absolute atomic E-state index is 12.2. The molecule has 2 N–H and O–H groups in total. The average molecular weight is 368 g/mol. The summed E-state index contributed by atoms with van der Waals surface area (Å²) in [6.45, 7) is 4.27. The van der Waals surface area contributed by atoms with E-state index in [-0.39, 0.29) is 24.2 Å². The summed E-state index contributed by atoms with van der Waals surface area (Å²) in [5, 5.41) is 6.37. The third-order valence-corrected chi connectivity index (χ3v) is 4.74. The number of benzene rings is 1. The zero-order valence-electron chi connectivity index (χ0n) is 15.4. The summed E-state index contributed by atoms with van der Waals surface area (Å²) in [7, 11) is 3.50. The number of halogens is 1. The van der Waals surface area contributed by atoms with E-state index < -0.39 is 0 Å². The number of anilines is 1. The first kappa shape index (κ1) is 21.5. The Hall–Kier alpha value is -1.59. The first-order valence-corrected chi connectivity index (χ1v) is 8.75. The number of carbonyl (C=O) groups is 2. The molecule has 2 amide bonds. The summed E-state index contributed by atoms with van der Waals surface area (Å²) in [6.07, 6.45) is 3.33. The van der Waals surface area contributed by atoms with Gasteiger partial charge in [-0.05, 0) is 55.5 Å². The molecule has 1 aromatic carbocycles. The minimum Gasteiger partial charge on any atom is -0.349 e. The van der Waals surface area contributed by atoms with Gasteiger partial charge in [0.05, 0.1) is 6.42 Å². The second kappa shape index (κ2) is 10.4. The molecule has 0 bridgehead atoms. The minimum atomic E-state index is 0. The number of likely N-dealkylation sites (N-methyl/N-ethyl adjacent to an activating group) is 1. The van der Waals surface area contributed by atoms with Crippen molar-refractivity contribution in [1.29, 1.82) is 0 Å². The van der Waals surface area contributed by atoms with Crippen LogP contribution in [0, 0.1) is 11.8 Å². The molecule has 1 heterocycles. The standard InChI is InChI=1S/C19H29N3O2.ClH/c1-14(16-5-4-10-20-13-16)11-18(23)21-17-8-6-15(7-9-17)12-19(24)22(2)3;/h6-9,14,16,20H,4-5,10-13H2,1-3H3,(H,21,23);1H. The predicted octanol–water partition coefficient (Wildman–Crippen LogP) is 2.70. The fourth-order valence-electron chi connectivity index (χ4n) is 3.07. The molecule has 1 aromatic rings. The summed E-state index contributed by atoms with van der Waals surface area (Å²) in [6, 6.07) is 7.52. The van der Waals surface area contributed by atoms with Gasteiger partial charge in [0.2, 0.25) is 11.8 Å². The summed E-state index contributed by atoms with van der Waals surface area (Å²) in [5.74, 6) is 1.10. The van der Waals surface area contributed by atoms with Gasteiger partial charge in [-0.25, -0.2) is 0 Å². The molecule has 1 saturated heterocycles. The van der Waals surface area contributed by atoms with Crippen LogP contribution in [0.15, 0.2) is 24.3 Å². The normalized spacial score (nSPS) is 18.0. The van der Waals surface area contributed by atoms with Crippen LogP contribution in [0.1, 0.15) is 31.7 Å². The van der Waals surface area contributed by atoms with E-state index in [2.05, 4.69) is 17.6 Å². The Morgan fingerprint density at radius 3 is 2.52 bits per heavy atom. The van der Waals surface area contributed by atoms with Gasteiger partial charge >= 0.3 is 0 Å². The van der Waals surface area contributed by atoms with Gasteiger partial charge in [0.25, 0.3) is 0 Å². The van der Waals surface area contributed by atoms with Gasteiger partial charge in [-0.1, -0.05) is 19.1 Å². The molecule has 1 aliphatic rings. The van der Waals surface area contributed by atoms with Crippen molar-refractivity contribution in [3.8, 4) is 0 Å². The van der Waals surface area contributed by atoms with Crippen LogP contribution >= 0.6 is 12.4 Å². The SMILES string of the molecule is CC(CC(=O)Nc1ccc(CC(=O)N(C)C)cc1)C1CCCNC1.Cl. The molecule has 5 nitrogen and oxygen atoms in total. The molecule has 2 unspecified atom stereocenters. The summed E-state index contributed by atoms with van der Waals surface area (Å²) in [4.78, 5) is 25.5. The van der Waals surface area contributed by atoms with E-state index in [1.807, 2.05) is 24.3 Å². The molecule has 1 fully saturated rings. The van der Waals surface area contributed by atoms with E-state index in [9.17, 15) is 9.59 Å². The highest BCUT2D eigenvalue weighted by atomic mass is 35.5. The van der Waals surface area contributed by atoms with Crippen molar-refractivity contribution in [2.24, 2.45) is 11.8 Å². The molecule has 0 aromatic heterocycles. The molecule has 0 spiro atoms. The quantitative estimate of drug-likeness (QED) is 0.812. The molecule has 2 rings (SSSR count). The number of piperidine rings is 1. The van der Waals surface area contributed by atoms with E-state index in [0.29, 0.717) is 24.7 Å². The highest BCUT2D eigenvalue weighted by molar-refractivity contribution is 5.91. The van der Waals surface area contributed by atoms with Gasteiger partial charge in [0.1, 0.15) is 0 Å². The smallest absolute Gasteiger partial charge is 0.226 e. The molecule has 2 atom stereocenters. The van der Waals surface area contributed by atoms with Gasteiger partial charge in [-0.15, -0.1) is 12.4 Å². The average Bonchev–Trinajstić information content (AvgIpc) is 2.57. The van der Waals surface area contributed by atoms with Gasteiger partial charge in [-0.3, -0.25) is 9.59 Å². The molecular weight excluding hydrogens is 338 g/mol. The Kier molecular flexibility index (Phi) is 8.93. The maximum atomic E-state index is 12.2. The lowest BCUT2D eigenvalue weighted by Gasteiger charge is -2.28. The number of hydrogen-bond acceptors (Lipinski definition) is 3. The van der Waals surface area contributed by atoms with E-state index in [1.165, 1.54) is 12.8 Å². The van der Waals surface area contributed by atoms with E-state index in [0.717, 1.165) is 24.3 Å². The summed E-state index contributed by atoms with van der Waals surface area (Å²) >= 11 is 0. The zero-order chi connectivity index (χ0) is 17.5. The first-order valence-electron chi connectivity index (χ1n) is 8.75. The molecule has 0 radical (unpaired) electrons. The Morgan fingerprint density at radius 2 is 1.96 bits per heavy atom. The fraction of sp³-hybridized carbons (Fsp3) is 0.579. The molecular formula is C19H30ClN3O2. The van der Waals surface area contributed by atoms with Gasteiger partial charge in [0.15, 0.2) is 0 Å². The molecule has 1 aliphatic heterocycles. The first-order chi connectivity index (χ1) is 11.5. The molecule has 6 heteroatoms. The van der Waals surface area contributed by atoms with E-state index in [4.69, 9.17) is 0 Å². The van der Waals surface area contributed by atoms with Gasteiger partial charge in [0, 0.05) is 26.2 Å². The lowest BCUT2D eigenvalue weighted by molar-refractivity contribution is -0.128. The summed E-state index contributed by atoms with van der Waals surface area (Å²) in [5.41, 5.74) is 1.74. The largest absolute Gasteiger partial charge is 0.349 e. The summed E-state index contributed by atoms with van der Waals surface area (Å²) < 4.78 is 0. The van der Waals surface area contributed by atoms with Crippen LogP contribution in [0.4, 0.5) is 5.69 Å². The molecule has 25 heavy (non-hydrogen) atoms. The Bertz CT molecular complexity index is 554. The van der Waals surface area contributed by atoms with Crippen LogP contribution < -0.4 is 10.6 Å². The number of rotatable bonds is 6. The van der Waals surface area contributed by atoms with Crippen molar-refractivity contribution in [2.75, 3.05) is 32.5 Å². The van der Waals surface area contributed by atoms with Crippen LogP contribution in [-0.4, -0.2) is 43.9 Å². The topological polar surface area (TPSA) is 61.4 Å².